The van der Waals surface area contributed by atoms with Crippen LogP contribution in [-0.4, -0.2) is 19.3 Å². The summed E-state index contributed by atoms with van der Waals surface area (Å²) in [4.78, 5) is 0. The van der Waals surface area contributed by atoms with Crippen LogP contribution in [0.5, 0.6) is 0 Å². The Bertz CT molecular complexity index is 835. The number of hydrogen-bond donors (Lipinski definition) is 0. The molecular formula is C18H18F3NO2S. The maximum atomic E-state index is 13.3. The molecule has 25 heavy (non-hydrogen) atoms. The molecule has 0 N–H and O–H groups in total. The molecule has 1 heterocycles. The van der Waals surface area contributed by atoms with Gasteiger partial charge in [0.25, 0.3) is 0 Å². The van der Waals surface area contributed by atoms with Crippen LogP contribution in [0.1, 0.15) is 35.6 Å². The van der Waals surface area contributed by atoms with Crippen molar-refractivity contribution in [3.05, 3.63) is 71.3 Å². The first-order chi connectivity index (χ1) is 11.8. The Morgan fingerprint density at radius 2 is 1.64 bits per heavy atom. The highest BCUT2D eigenvalue weighted by atomic mass is 32.2. The first kappa shape index (κ1) is 17.9. The van der Waals surface area contributed by atoms with Gasteiger partial charge in [-0.2, -0.15) is 17.5 Å². The van der Waals surface area contributed by atoms with Gasteiger partial charge in [-0.1, -0.05) is 48.5 Å². The molecule has 1 aliphatic rings. The maximum absolute atomic E-state index is 13.3. The Balaban J connectivity index is 1.94. The van der Waals surface area contributed by atoms with Gasteiger partial charge in [0.2, 0.25) is 10.0 Å². The number of sulfonamides is 1. The molecule has 1 aliphatic heterocycles. The fourth-order valence-corrected chi connectivity index (χ4v) is 5.09. The van der Waals surface area contributed by atoms with E-state index in [1.165, 1.54) is 22.5 Å². The van der Waals surface area contributed by atoms with Crippen LogP contribution in [0, 0.1) is 0 Å². The summed E-state index contributed by atoms with van der Waals surface area (Å²) in [6, 6.07) is 13.1. The number of halogens is 3. The van der Waals surface area contributed by atoms with Crippen LogP contribution in [0.3, 0.4) is 0 Å². The van der Waals surface area contributed by atoms with Gasteiger partial charge in [0.1, 0.15) is 0 Å². The van der Waals surface area contributed by atoms with Crippen molar-refractivity contribution in [1.29, 1.82) is 0 Å². The van der Waals surface area contributed by atoms with E-state index < -0.39 is 27.8 Å². The standard InChI is InChI=1S/C18H18F3NO2S/c19-18(20,21)16-10-5-4-9-15(16)17-11-6-12-22(17)25(23,24)13-14-7-2-1-3-8-14/h1-5,7-10,17H,6,11-13H2. The van der Waals surface area contributed by atoms with Gasteiger partial charge in [-0.05, 0) is 30.0 Å². The van der Waals surface area contributed by atoms with Gasteiger partial charge in [-0.3, -0.25) is 0 Å². The summed E-state index contributed by atoms with van der Waals surface area (Å²) in [6.45, 7) is 0.242. The van der Waals surface area contributed by atoms with E-state index in [1.54, 1.807) is 30.3 Å². The van der Waals surface area contributed by atoms with Crippen molar-refractivity contribution in [2.45, 2.75) is 30.8 Å². The van der Waals surface area contributed by atoms with Crippen molar-refractivity contribution in [3.8, 4) is 0 Å². The molecule has 0 aromatic heterocycles. The van der Waals surface area contributed by atoms with Gasteiger partial charge in [0.05, 0.1) is 17.4 Å². The largest absolute Gasteiger partial charge is 0.416 e. The third-order valence-corrected chi connectivity index (χ3v) is 6.23. The molecule has 1 atom stereocenters. The molecule has 134 valence electrons. The molecule has 2 aromatic rings. The van der Waals surface area contributed by atoms with Gasteiger partial charge in [-0.15, -0.1) is 0 Å². The second-order valence-corrected chi connectivity index (χ2v) is 8.02. The zero-order valence-corrected chi connectivity index (χ0v) is 14.2. The first-order valence-electron chi connectivity index (χ1n) is 7.98. The fraction of sp³-hybridized carbons (Fsp3) is 0.333. The Labute approximate surface area is 145 Å². The Morgan fingerprint density at radius 3 is 2.32 bits per heavy atom. The van der Waals surface area contributed by atoms with Gasteiger partial charge in [-0.25, -0.2) is 8.42 Å². The molecule has 0 amide bonds. The summed E-state index contributed by atoms with van der Waals surface area (Å²) < 4.78 is 66.7. The van der Waals surface area contributed by atoms with Crippen LogP contribution in [0.2, 0.25) is 0 Å². The highest BCUT2D eigenvalue weighted by molar-refractivity contribution is 7.88. The lowest BCUT2D eigenvalue weighted by Crippen LogP contribution is -2.32. The van der Waals surface area contributed by atoms with E-state index in [4.69, 9.17) is 0 Å². The summed E-state index contributed by atoms with van der Waals surface area (Å²) in [5.74, 6) is -0.210. The van der Waals surface area contributed by atoms with Crippen molar-refractivity contribution in [3.63, 3.8) is 0 Å². The van der Waals surface area contributed by atoms with Crippen LogP contribution in [-0.2, 0) is 22.0 Å². The Hall–Kier alpha value is -1.86. The Morgan fingerprint density at radius 1 is 1.00 bits per heavy atom. The molecule has 0 radical (unpaired) electrons. The molecule has 1 fully saturated rings. The molecule has 2 aromatic carbocycles. The molecule has 0 bridgehead atoms. The lowest BCUT2D eigenvalue weighted by Gasteiger charge is -2.26. The van der Waals surface area contributed by atoms with E-state index in [9.17, 15) is 21.6 Å². The molecular weight excluding hydrogens is 351 g/mol. The van der Waals surface area contributed by atoms with E-state index in [2.05, 4.69) is 0 Å². The quantitative estimate of drug-likeness (QED) is 0.802. The molecule has 1 unspecified atom stereocenters. The SMILES string of the molecule is O=S(=O)(Cc1ccccc1)N1CCCC1c1ccccc1C(F)(F)F. The van der Waals surface area contributed by atoms with E-state index in [0.717, 1.165) is 6.07 Å². The number of hydrogen-bond acceptors (Lipinski definition) is 2. The van der Waals surface area contributed by atoms with E-state index in [-0.39, 0.29) is 17.9 Å². The van der Waals surface area contributed by atoms with E-state index in [1.807, 2.05) is 0 Å². The molecule has 0 saturated carbocycles. The van der Waals surface area contributed by atoms with E-state index >= 15 is 0 Å². The summed E-state index contributed by atoms with van der Waals surface area (Å²) in [7, 11) is -3.71. The molecule has 1 saturated heterocycles. The molecule has 0 aliphatic carbocycles. The number of rotatable bonds is 4. The summed E-state index contributed by atoms with van der Waals surface area (Å²) in [5, 5.41) is 0. The number of nitrogens with zero attached hydrogens (tertiary/aromatic N) is 1. The minimum absolute atomic E-state index is 0.0316. The van der Waals surface area contributed by atoms with Crippen LogP contribution < -0.4 is 0 Å². The summed E-state index contributed by atoms with van der Waals surface area (Å²) in [5.41, 5.74) is -0.108. The third kappa shape index (κ3) is 3.88. The average molecular weight is 369 g/mol. The highest BCUT2D eigenvalue weighted by Crippen LogP contribution is 2.41. The van der Waals surface area contributed by atoms with Gasteiger partial charge in [0, 0.05) is 6.54 Å². The van der Waals surface area contributed by atoms with Crippen molar-refractivity contribution >= 4 is 10.0 Å². The first-order valence-corrected chi connectivity index (χ1v) is 9.59. The molecule has 0 spiro atoms. The molecule has 3 nitrogen and oxygen atoms in total. The fourth-order valence-electron chi connectivity index (χ4n) is 3.30. The van der Waals surface area contributed by atoms with Crippen molar-refractivity contribution in [2.75, 3.05) is 6.54 Å². The topological polar surface area (TPSA) is 37.4 Å². The predicted molar refractivity (Wildman–Crippen MR) is 89.2 cm³/mol. The van der Waals surface area contributed by atoms with Crippen molar-refractivity contribution < 1.29 is 21.6 Å². The van der Waals surface area contributed by atoms with Crippen molar-refractivity contribution in [1.82, 2.24) is 4.31 Å². The molecule has 3 rings (SSSR count). The maximum Gasteiger partial charge on any atom is 0.416 e. The normalized spacial score (nSPS) is 19.2. The van der Waals surface area contributed by atoms with Crippen molar-refractivity contribution in [2.24, 2.45) is 0 Å². The smallest absolute Gasteiger partial charge is 0.212 e. The summed E-state index contributed by atoms with van der Waals surface area (Å²) in [6.07, 6.45) is -3.57. The number of alkyl halides is 3. The second-order valence-electron chi connectivity index (χ2n) is 6.10. The van der Waals surface area contributed by atoms with Gasteiger partial charge < -0.3 is 0 Å². The minimum Gasteiger partial charge on any atom is -0.212 e. The number of benzene rings is 2. The summed E-state index contributed by atoms with van der Waals surface area (Å²) >= 11 is 0. The van der Waals surface area contributed by atoms with E-state index in [0.29, 0.717) is 18.4 Å². The van der Waals surface area contributed by atoms with Crippen LogP contribution in [0.15, 0.2) is 54.6 Å². The Kier molecular flexibility index (Phi) is 4.88. The third-order valence-electron chi connectivity index (χ3n) is 4.38. The van der Waals surface area contributed by atoms with Crippen LogP contribution in [0.4, 0.5) is 13.2 Å². The van der Waals surface area contributed by atoms with Gasteiger partial charge >= 0.3 is 6.18 Å². The highest BCUT2D eigenvalue weighted by Gasteiger charge is 2.41. The van der Waals surface area contributed by atoms with Crippen LogP contribution >= 0.6 is 0 Å². The minimum atomic E-state index is -4.51. The second kappa shape index (κ2) is 6.80. The average Bonchev–Trinajstić information content (AvgIpc) is 3.05. The van der Waals surface area contributed by atoms with Gasteiger partial charge in [0.15, 0.2) is 0 Å². The lowest BCUT2D eigenvalue weighted by atomic mass is 9.99. The zero-order valence-electron chi connectivity index (χ0n) is 13.4. The zero-order chi connectivity index (χ0) is 18.1. The molecule has 7 heteroatoms. The van der Waals surface area contributed by atoms with Crippen LogP contribution in [0.25, 0.3) is 0 Å². The monoisotopic (exact) mass is 369 g/mol. The lowest BCUT2D eigenvalue weighted by molar-refractivity contribution is -0.138. The predicted octanol–water partition coefficient (Wildman–Crippen LogP) is 4.37.